The van der Waals surface area contributed by atoms with Crippen LogP contribution in [0.4, 0.5) is 0 Å². The standard InChI is InChI=1S/C15H19Br2N3/c1-4-20-14(5-10(2)19-20)9-15(18-3)11-6-12(16)8-13(17)7-11/h5-8,15,18H,4,9H2,1-3H3. The van der Waals surface area contributed by atoms with E-state index in [1.165, 1.54) is 11.3 Å². The van der Waals surface area contributed by atoms with Gasteiger partial charge in [0.2, 0.25) is 0 Å². The van der Waals surface area contributed by atoms with E-state index in [4.69, 9.17) is 0 Å². The van der Waals surface area contributed by atoms with Crippen LogP contribution in [-0.2, 0) is 13.0 Å². The van der Waals surface area contributed by atoms with Crippen molar-refractivity contribution in [1.29, 1.82) is 0 Å². The van der Waals surface area contributed by atoms with Gasteiger partial charge in [0.25, 0.3) is 0 Å². The minimum absolute atomic E-state index is 0.269. The van der Waals surface area contributed by atoms with Gasteiger partial charge in [-0.3, -0.25) is 4.68 Å². The van der Waals surface area contributed by atoms with Gasteiger partial charge in [-0.05, 0) is 50.7 Å². The van der Waals surface area contributed by atoms with Crippen LogP contribution in [0.3, 0.4) is 0 Å². The Morgan fingerprint density at radius 3 is 2.40 bits per heavy atom. The van der Waals surface area contributed by atoms with Gasteiger partial charge in [0.05, 0.1) is 5.69 Å². The molecule has 0 radical (unpaired) electrons. The lowest BCUT2D eigenvalue weighted by Crippen LogP contribution is -2.20. The summed E-state index contributed by atoms with van der Waals surface area (Å²) in [5.41, 5.74) is 3.60. The monoisotopic (exact) mass is 399 g/mol. The summed E-state index contributed by atoms with van der Waals surface area (Å²) in [6.45, 7) is 5.07. The number of aryl methyl sites for hydroxylation is 2. The number of aromatic nitrogens is 2. The maximum atomic E-state index is 4.52. The largest absolute Gasteiger partial charge is 0.313 e. The van der Waals surface area contributed by atoms with Crippen molar-refractivity contribution in [2.45, 2.75) is 32.9 Å². The first-order valence-corrected chi connectivity index (χ1v) is 8.28. The number of benzene rings is 1. The highest BCUT2D eigenvalue weighted by Crippen LogP contribution is 2.26. The number of nitrogens with zero attached hydrogens (tertiary/aromatic N) is 2. The van der Waals surface area contributed by atoms with E-state index in [0.717, 1.165) is 27.6 Å². The Bertz CT molecular complexity index is 573. The third-order valence-corrected chi connectivity index (χ3v) is 4.25. The van der Waals surface area contributed by atoms with Crippen LogP contribution in [0.1, 0.15) is 29.9 Å². The number of rotatable bonds is 5. The van der Waals surface area contributed by atoms with Gasteiger partial charge in [-0.25, -0.2) is 0 Å². The fourth-order valence-electron chi connectivity index (χ4n) is 2.41. The number of nitrogens with one attached hydrogen (secondary N) is 1. The summed E-state index contributed by atoms with van der Waals surface area (Å²) in [5.74, 6) is 0. The molecule has 1 heterocycles. The molecule has 0 aliphatic heterocycles. The van der Waals surface area contributed by atoms with Crippen LogP contribution in [0, 0.1) is 6.92 Å². The second-order valence-corrected chi connectivity index (χ2v) is 6.67. The van der Waals surface area contributed by atoms with E-state index >= 15 is 0 Å². The summed E-state index contributed by atoms with van der Waals surface area (Å²) in [4.78, 5) is 0. The minimum atomic E-state index is 0.269. The van der Waals surface area contributed by atoms with E-state index in [-0.39, 0.29) is 6.04 Å². The van der Waals surface area contributed by atoms with E-state index < -0.39 is 0 Å². The molecule has 0 bridgehead atoms. The highest BCUT2D eigenvalue weighted by Gasteiger charge is 2.14. The summed E-state index contributed by atoms with van der Waals surface area (Å²) in [6, 6.07) is 8.80. The molecule has 0 saturated heterocycles. The molecule has 1 N–H and O–H groups in total. The zero-order chi connectivity index (χ0) is 14.7. The van der Waals surface area contributed by atoms with Gasteiger partial charge < -0.3 is 5.32 Å². The molecule has 3 nitrogen and oxygen atoms in total. The molecule has 0 fully saturated rings. The summed E-state index contributed by atoms with van der Waals surface area (Å²) in [7, 11) is 2.00. The number of hydrogen-bond acceptors (Lipinski definition) is 2. The van der Waals surface area contributed by atoms with Gasteiger partial charge in [-0.1, -0.05) is 31.9 Å². The van der Waals surface area contributed by atoms with E-state index in [1.807, 2.05) is 14.0 Å². The fourth-order valence-corrected chi connectivity index (χ4v) is 3.74. The second-order valence-electron chi connectivity index (χ2n) is 4.84. The summed E-state index contributed by atoms with van der Waals surface area (Å²) >= 11 is 7.11. The third kappa shape index (κ3) is 3.71. The van der Waals surface area contributed by atoms with Gasteiger partial charge in [-0.2, -0.15) is 5.10 Å². The van der Waals surface area contributed by atoms with Crippen LogP contribution < -0.4 is 5.32 Å². The third-order valence-electron chi connectivity index (χ3n) is 3.33. The Morgan fingerprint density at radius 2 is 1.85 bits per heavy atom. The smallest absolute Gasteiger partial charge is 0.0596 e. The van der Waals surface area contributed by atoms with Crippen molar-refractivity contribution in [1.82, 2.24) is 15.1 Å². The SMILES string of the molecule is CCn1nc(C)cc1CC(NC)c1cc(Br)cc(Br)c1. The van der Waals surface area contributed by atoms with Crippen molar-refractivity contribution in [3.8, 4) is 0 Å². The van der Waals surface area contributed by atoms with Gasteiger partial charge in [0, 0.05) is 33.6 Å². The second kappa shape index (κ2) is 6.87. The minimum Gasteiger partial charge on any atom is -0.313 e. The van der Waals surface area contributed by atoms with Crippen LogP contribution in [0.25, 0.3) is 0 Å². The van der Waals surface area contributed by atoms with Crippen LogP contribution in [0.2, 0.25) is 0 Å². The van der Waals surface area contributed by atoms with Crippen LogP contribution in [0.15, 0.2) is 33.2 Å². The Hall–Kier alpha value is -0.650. The zero-order valence-electron chi connectivity index (χ0n) is 12.0. The summed E-state index contributed by atoms with van der Waals surface area (Å²) in [6.07, 6.45) is 0.925. The topological polar surface area (TPSA) is 29.9 Å². The molecular weight excluding hydrogens is 382 g/mol. The molecule has 0 aliphatic carbocycles. The molecule has 2 aromatic rings. The van der Waals surface area contributed by atoms with Crippen molar-refractivity contribution in [2.24, 2.45) is 0 Å². The predicted molar refractivity (Wildman–Crippen MR) is 90.0 cm³/mol. The van der Waals surface area contributed by atoms with E-state index in [1.54, 1.807) is 0 Å². The Labute approximate surface area is 137 Å². The molecule has 0 spiro atoms. The molecule has 108 valence electrons. The zero-order valence-corrected chi connectivity index (χ0v) is 15.1. The first kappa shape index (κ1) is 15.7. The Morgan fingerprint density at radius 1 is 1.20 bits per heavy atom. The van der Waals surface area contributed by atoms with Gasteiger partial charge in [0.1, 0.15) is 0 Å². The van der Waals surface area contributed by atoms with Gasteiger partial charge in [0.15, 0.2) is 0 Å². The van der Waals surface area contributed by atoms with Crippen LogP contribution in [0.5, 0.6) is 0 Å². The fraction of sp³-hybridized carbons (Fsp3) is 0.400. The first-order chi connectivity index (χ1) is 9.53. The normalized spacial score (nSPS) is 12.7. The van der Waals surface area contributed by atoms with E-state index in [0.29, 0.717) is 0 Å². The van der Waals surface area contributed by atoms with Crippen molar-refractivity contribution in [3.63, 3.8) is 0 Å². The quantitative estimate of drug-likeness (QED) is 0.813. The molecule has 20 heavy (non-hydrogen) atoms. The molecular formula is C15H19Br2N3. The lowest BCUT2D eigenvalue weighted by Gasteiger charge is -2.18. The Kier molecular flexibility index (Phi) is 5.41. The first-order valence-electron chi connectivity index (χ1n) is 6.70. The van der Waals surface area contributed by atoms with Crippen LogP contribution >= 0.6 is 31.9 Å². The maximum Gasteiger partial charge on any atom is 0.0596 e. The average Bonchev–Trinajstić information content (AvgIpc) is 2.74. The molecule has 2 rings (SSSR count). The van der Waals surface area contributed by atoms with Crippen molar-refractivity contribution >= 4 is 31.9 Å². The van der Waals surface area contributed by atoms with E-state index in [2.05, 4.69) is 78.1 Å². The molecule has 1 aromatic heterocycles. The molecule has 0 saturated carbocycles. The lowest BCUT2D eigenvalue weighted by molar-refractivity contribution is 0.540. The van der Waals surface area contributed by atoms with Gasteiger partial charge in [-0.15, -0.1) is 0 Å². The molecule has 1 unspecified atom stereocenters. The molecule has 0 amide bonds. The highest BCUT2D eigenvalue weighted by atomic mass is 79.9. The molecule has 0 aliphatic rings. The van der Waals surface area contributed by atoms with Crippen molar-refractivity contribution in [3.05, 3.63) is 50.2 Å². The number of likely N-dealkylation sites (N-methyl/N-ethyl adjacent to an activating group) is 1. The Balaban J connectivity index is 2.28. The predicted octanol–water partition coefficient (Wildman–Crippen LogP) is 4.24. The molecule has 1 atom stereocenters. The number of halogens is 2. The average molecular weight is 401 g/mol. The van der Waals surface area contributed by atoms with Crippen LogP contribution in [-0.4, -0.2) is 16.8 Å². The van der Waals surface area contributed by atoms with Crippen molar-refractivity contribution < 1.29 is 0 Å². The van der Waals surface area contributed by atoms with Crippen molar-refractivity contribution in [2.75, 3.05) is 7.05 Å². The molecule has 1 aromatic carbocycles. The summed E-state index contributed by atoms with van der Waals surface area (Å²) in [5, 5.41) is 7.91. The summed E-state index contributed by atoms with van der Waals surface area (Å²) < 4.78 is 4.25. The highest BCUT2D eigenvalue weighted by molar-refractivity contribution is 9.11. The van der Waals surface area contributed by atoms with Gasteiger partial charge >= 0.3 is 0 Å². The molecule has 5 heteroatoms. The maximum absolute atomic E-state index is 4.52. The number of hydrogen-bond donors (Lipinski definition) is 1. The lowest BCUT2D eigenvalue weighted by atomic mass is 10.0. The van der Waals surface area contributed by atoms with E-state index in [9.17, 15) is 0 Å².